The summed E-state index contributed by atoms with van der Waals surface area (Å²) >= 11 is -6.28. The van der Waals surface area contributed by atoms with Crippen molar-refractivity contribution in [1.82, 2.24) is 0 Å². The molecule has 0 N–H and O–H groups in total. The third-order valence-electron chi connectivity index (χ3n) is 7.16. The Morgan fingerprint density at radius 2 is 0.383 bits per heavy atom. The molecule has 8 aromatic rings. The number of rotatable bonds is 8. The van der Waals surface area contributed by atoms with Gasteiger partial charge >= 0.3 is 0 Å². The van der Waals surface area contributed by atoms with Crippen LogP contribution in [0.1, 0.15) is 0 Å². The number of benzene rings is 8. The minimum Gasteiger partial charge on any atom is -0.766 e. The minimum absolute atomic E-state index is 0.869. The van der Waals surface area contributed by atoms with E-state index in [4.69, 9.17) is 18.9 Å². The monoisotopic (exact) mass is 836 g/mol. The van der Waals surface area contributed by atoms with E-state index in [1.54, 1.807) is 0 Å². The Balaban J connectivity index is 0.000000167. The second-order valence-corrected chi connectivity index (χ2v) is 13.6. The first-order valence-corrected chi connectivity index (χ1v) is 20.3. The van der Waals surface area contributed by atoms with Gasteiger partial charge in [-0.2, -0.15) is 0 Å². The average Bonchev–Trinajstić information content (AvgIpc) is 3.30. The molecule has 0 aliphatic heterocycles. The van der Waals surface area contributed by atoms with Crippen LogP contribution >= 0.6 is 0 Å². The molecule has 0 radical (unpaired) electrons. The van der Waals surface area contributed by atoms with Gasteiger partial charge in [-0.3, -0.25) is 13.2 Å². The van der Waals surface area contributed by atoms with Gasteiger partial charge in [0.15, 0.2) is 0 Å². The van der Waals surface area contributed by atoms with E-state index in [1.807, 2.05) is 243 Å². The van der Waals surface area contributed by atoms with Gasteiger partial charge < -0.3 is 28.1 Å². The molecule has 0 heterocycles. The molecule has 2 atom stereocenters. The van der Waals surface area contributed by atoms with Crippen molar-refractivity contribution in [3.05, 3.63) is 243 Å². The fourth-order valence-electron chi connectivity index (χ4n) is 4.51. The predicted molar refractivity (Wildman–Crippen MR) is 235 cm³/mol. The highest BCUT2D eigenvalue weighted by Crippen LogP contribution is 2.22. The molecular weight excluding hydrogens is 797 g/mol. The summed E-state index contributed by atoms with van der Waals surface area (Å²) in [5.41, 5.74) is 0. The zero-order valence-electron chi connectivity index (χ0n) is 32.1. The lowest BCUT2D eigenvalue weighted by atomic mass is 10.3. The first-order chi connectivity index (χ1) is 29.4. The van der Waals surface area contributed by atoms with E-state index in [0.717, 1.165) is 46.0 Å². The third kappa shape index (κ3) is 19.3. The van der Waals surface area contributed by atoms with E-state index >= 15 is 0 Å². The lowest BCUT2D eigenvalue weighted by Crippen LogP contribution is -2.09. The SMILES string of the molecule is O=C(S(=O)[O-])S(=O)[O-].c1ccc(Oc2ccccc2)cc1.c1ccc(Oc2ccccc2)cc1.c1ccc(Oc2ccccc2)cc1.c1ccc(Oc2ccccc2)cc1. The highest BCUT2D eigenvalue weighted by atomic mass is 32.3. The van der Waals surface area contributed by atoms with Gasteiger partial charge in [0.25, 0.3) is 4.45 Å². The summed E-state index contributed by atoms with van der Waals surface area (Å²) in [7, 11) is 0. The first-order valence-electron chi connectivity index (χ1n) is 18.2. The Kier molecular flexibility index (Phi) is 20.9. The first kappa shape index (κ1) is 45.6. The molecule has 11 heteroatoms. The molecule has 0 saturated heterocycles. The topological polar surface area (TPSA) is 134 Å². The van der Waals surface area contributed by atoms with Crippen molar-refractivity contribution >= 4 is 26.6 Å². The summed E-state index contributed by atoms with van der Waals surface area (Å²) in [5, 5.41) is 0. The molecule has 0 aliphatic carbocycles. The predicted octanol–water partition coefficient (Wildman–Crippen LogP) is 12.8. The summed E-state index contributed by atoms with van der Waals surface area (Å²) in [6.07, 6.45) is 0. The van der Waals surface area contributed by atoms with Gasteiger partial charge in [0, 0.05) is 22.2 Å². The van der Waals surface area contributed by atoms with E-state index in [9.17, 15) is 22.3 Å². The summed E-state index contributed by atoms with van der Waals surface area (Å²) in [5.74, 6) is 6.95. The zero-order valence-corrected chi connectivity index (χ0v) is 33.7. The molecule has 8 rings (SSSR count). The second kappa shape index (κ2) is 27.5. The van der Waals surface area contributed by atoms with Crippen molar-refractivity contribution in [2.24, 2.45) is 0 Å². The molecule has 0 fully saturated rings. The molecule has 0 aliphatic rings. The van der Waals surface area contributed by atoms with Crippen LogP contribution in [0.4, 0.5) is 4.79 Å². The molecule has 9 nitrogen and oxygen atoms in total. The van der Waals surface area contributed by atoms with E-state index in [1.165, 1.54) is 0 Å². The Hall–Kier alpha value is -7.15. The van der Waals surface area contributed by atoms with E-state index in [0.29, 0.717) is 0 Å². The highest BCUT2D eigenvalue weighted by Gasteiger charge is 1.99. The van der Waals surface area contributed by atoms with Crippen LogP contribution < -0.4 is 18.9 Å². The zero-order chi connectivity index (χ0) is 42.5. The number of hydrogen-bond acceptors (Lipinski definition) is 9. The van der Waals surface area contributed by atoms with Crippen molar-refractivity contribution in [2.75, 3.05) is 0 Å². The van der Waals surface area contributed by atoms with Gasteiger partial charge in [-0.1, -0.05) is 146 Å². The van der Waals surface area contributed by atoms with E-state index in [-0.39, 0.29) is 0 Å². The van der Waals surface area contributed by atoms with Gasteiger partial charge in [-0.05, 0) is 97.1 Å². The molecule has 0 aromatic heterocycles. The molecular formula is C49H40O9S2-2. The van der Waals surface area contributed by atoms with Gasteiger partial charge in [0.1, 0.15) is 46.0 Å². The van der Waals surface area contributed by atoms with Crippen LogP contribution in [-0.2, 0) is 22.2 Å². The molecule has 8 aromatic carbocycles. The summed E-state index contributed by atoms with van der Waals surface area (Å²) in [6.45, 7) is 0. The quantitative estimate of drug-likeness (QED) is 0.137. The Morgan fingerprint density at radius 3 is 0.467 bits per heavy atom. The van der Waals surface area contributed by atoms with Crippen molar-refractivity contribution in [1.29, 1.82) is 0 Å². The summed E-state index contributed by atoms with van der Waals surface area (Å²) in [6, 6.07) is 78.1. The Morgan fingerprint density at radius 1 is 0.267 bits per heavy atom. The fraction of sp³-hybridized carbons (Fsp3) is 0. The average molecular weight is 837 g/mol. The Bertz CT molecular complexity index is 1890. The lowest BCUT2D eigenvalue weighted by Gasteiger charge is -2.03. The standard InChI is InChI=1S/4C12H10O.CH2O5S2/c4*1-3-7-11(8-4-1)13-12-9-5-2-6-10-12;2-1(7(3)4)8(5)6/h4*1-10H;(H,3,4)(H,5,6)/p-2. The maximum atomic E-state index is 9.62. The van der Waals surface area contributed by atoms with Crippen LogP contribution in [0.15, 0.2) is 243 Å². The lowest BCUT2D eigenvalue weighted by molar-refractivity contribution is 0.271. The Labute approximate surface area is 355 Å². The number of para-hydroxylation sites is 8. The van der Waals surface area contributed by atoms with Crippen molar-refractivity contribution in [3.8, 4) is 46.0 Å². The van der Waals surface area contributed by atoms with Crippen LogP contribution in [0.2, 0.25) is 0 Å². The molecule has 0 spiro atoms. The number of carbonyl (C=O) groups excluding carboxylic acids is 1. The largest absolute Gasteiger partial charge is 0.766 e. The van der Waals surface area contributed by atoms with Crippen LogP contribution in [0.3, 0.4) is 0 Å². The number of ether oxygens (including phenoxy) is 4. The smallest absolute Gasteiger partial charge is 0.279 e. The van der Waals surface area contributed by atoms with Gasteiger partial charge in [0.2, 0.25) is 0 Å². The summed E-state index contributed by atoms with van der Waals surface area (Å²) in [4.78, 5) is 9.62. The van der Waals surface area contributed by atoms with E-state index in [2.05, 4.69) is 0 Å². The molecule has 60 heavy (non-hydrogen) atoms. The normalized spacial score (nSPS) is 10.6. The van der Waals surface area contributed by atoms with Crippen LogP contribution in [-0.4, -0.2) is 22.0 Å². The van der Waals surface area contributed by atoms with Gasteiger partial charge in [-0.15, -0.1) is 0 Å². The van der Waals surface area contributed by atoms with E-state index < -0.39 is 26.6 Å². The van der Waals surface area contributed by atoms with Crippen molar-refractivity contribution < 1.29 is 41.3 Å². The second-order valence-electron chi connectivity index (χ2n) is 11.6. The maximum absolute atomic E-state index is 9.62. The van der Waals surface area contributed by atoms with Crippen LogP contribution in [0, 0.1) is 0 Å². The van der Waals surface area contributed by atoms with Gasteiger partial charge in [0.05, 0.1) is 0 Å². The fourth-order valence-corrected chi connectivity index (χ4v) is 4.95. The molecule has 304 valence electrons. The number of carbonyl (C=O) groups is 1. The van der Waals surface area contributed by atoms with Crippen LogP contribution in [0.25, 0.3) is 0 Å². The molecule has 0 saturated carbocycles. The number of hydrogen-bond donors (Lipinski definition) is 0. The molecule has 0 amide bonds. The maximum Gasteiger partial charge on any atom is 0.279 e. The highest BCUT2D eigenvalue weighted by molar-refractivity contribution is 8.21. The molecule has 2 unspecified atom stereocenters. The van der Waals surface area contributed by atoms with Crippen molar-refractivity contribution in [2.45, 2.75) is 0 Å². The molecule has 0 bridgehead atoms. The van der Waals surface area contributed by atoms with Crippen molar-refractivity contribution in [3.63, 3.8) is 0 Å². The third-order valence-corrected chi connectivity index (χ3v) is 8.52. The minimum atomic E-state index is -3.14. The summed E-state index contributed by atoms with van der Waals surface area (Å²) < 4.78 is 58.1. The van der Waals surface area contributed by atoms with Gasteiger partial charge in [-0.25, -0.2) is 0 Å². The van der Waals surface area contributed by atoms with Crippen LogP contribution in [0.5, 0.6) is 46.0 Å².